The van der Waals surface area contributed by atoms with Crippen LogP contribution in [-0.4, -0.2) is 43.5 Å². The third kappa shape index (κ3) is 5.51. The molecule has 1 aliphatic heterocycles. The van der Waals surface area contributed by atoms with Gasteiger partial charge in [0.2, 0.25) is 5.91 Å². The molecule has 0 spiro atoms. The molecule has 0 bridgehead atoms. The molecule has 0 aromatic heterocycles. The van der Waals surface area contributed by atoms with Crippen LogP contribution >= 0.6 is 0 Å². The van der Waals surface area contributed by atoms with Crippen molar-refractivity contribution in [1.29, 1.82) is 0 Å². The molecule has 1 N–H and O–H groups in total. The van der Waals surface area contributed by atoms with Crippen molar-refractivity contribution in [2.24, 2.45) is 5.92 Å². The van der Waals surface area contributed by atoms with E-state index in [9.17, 15) is 4.79 Å². The number of likely N-dealkylation sites (tertiary alicyclic amines) is 1. The molecule has 28 heavy (non-hydrogen) atoms. The number of benzene rings is 2. The van der Waals surface area contributed by atoms with Gasteiger partial charge in [0.1, 0.15) is 0 Å². The number of carbonyl (C=O) groups excluding carboxylic acids is 1. The van der Waals surface area contributed by atoms with Gasteiger partial charge in [0.15, 0.2) is 0 Å². The first-order valence-electron chi connectivity index (χ1n) is 10.6. The Balaban J connectivity index is 1.42. The van der Waals surface area contributed by atoms with Gasteiger partial charge in [-0.3, -0.25) is 4.79 Å². The average Bonchev–Trinajstić information content (AvgIpc) is 2.75. The summed E-state index contributed by atoms with van der Waals surface area (Å²) in [6.45, 7) is 8.45. The molecule has 1 heterocycles. The van der Waals surface area contributed by atoms with E-state index >= 15 is 0 Å². The number of anilines is 2. The third-order valence-electron chi connectivity index (χ3n) is 5.77. The molecule has 3 rings (SSSR count). The first-order chi connectivity index (χ1) is 13.7. The fourth-order valence-corrected chi connectivity index (χ4v) is 4.00. The normalized spacial score (nSPS) is 14.7. The summed E-state index contributed by atoms with van der Waals surface area (Å²) < 4.78 is 0. The van der Waals surface area contributed by atoms with Crippen LogP contribution in [0.3, 0.4) is 0 Å². The number of carbonyl (C=O) groups is 1. The van der Waals surface area contributed by atoms with Crippen molar-refractivity contribution in [3.05, 3.63) is 60.2 Å². The van der Waals surface area contributed by atoms with E-state index in [0.717, 1.165) is 51.1 Å². The zero-order valence-corrected chi connectivity index (χ0v) is 17.2. The Morgan fingerprint density at radius 2 is 1.64 bits per heavy atom. The maximum atomic E-state index is 12.6. The van der Waals surface area contributed by atoms with Gasteiger partial charge in [-0.25, -0.2) is 0 Å². The highest BCUT2D eigenvalue weighted by Crippen LogP contribution is 2.22. The van der Waals surface area contributed by atoms with Crippen molar-refractivity contribution >= 4 is 17.3 Å². The Morgan fingerprint density at radius 1 is 1.00 bits per heavy atom. The van der Waals surface area contributed by atoms with Crippen molar-refractivity contribution in [1.82, 2.24) is 4.90 Å². The molecular formula is C24H33N3O. The summed E-state index contributed by atoms with van der Waals surface area (Å²) in [6.07, 6.45) is 3.32. The van der Waals surface area contributed by atoms with Crippen molar-refractivity contribution in [2.45, 2.75) is 33.1 Å². The van der Waals surface area contributed by atoms with Gasteiger partial charge in [0, 0.05) is 37.6 Å². The molecule has 1 amide bonds. The fourth-order valence-electron chi connectivity index (χ4n) is 4.00. The van der Waals surface area contributed by atoms with E-state index in [4.69, 9.17) is 0 Å². The Morgan fingerprint density at radius 3 is 2.25 bits per heavy atom. The van der Waals surface area contributed by atoms with Crippen LogP contribution in [0.4, 0.5) is 11.4 Å². The first-order valence-corrected chi connectivity index (χ1v) is 10.6. The van der Waals surface area contributed by atoms with E-state index in [0.29, 0.717) is 12.5 Å². The Labute approximate surface area is 169 Å². The van der Waals surface area contributed by atoms with Crippen LogP contribution in [0.5, 0.6) is 0 Å². The second kappa shape index (κ2) is 10.2. The summed E-state index contributed by atoms with van der Waals surface area (Å²) in [4.78, 5) is 16.9. The lowest BCUT2D eigenvalue weighted by molar-refractivity contribution is -0.130. The third-order valence-corrected chi connectivity index (χ3v) is 5.77. The number of hydrogen-bond acceptors (Lipinski definition) is 3. The number of nitrogens with zero attached hydrogens (tertiary/aromatic N) is 2. The number of hydrogen-bond donors (Lipinski definition) is 1. The van der Waals surface area contributed by atoms with Gasteiger partial charge in [-0.15, -0.1) is 0 Å². The van der Waals surface area contributed by atoms with E-state index in [-0.39, 0.29) is 5.91 Å². The molecule has 1 aliphatic rings. The average molecular weight is 380 g/mol. The monoisotopic (exact) mass is 379 g/mol. The van der Waals surface area contributed by atoms with Crippen LogP contribution in [-0.2, 0) is 11.2 Å². The lowest BCUT2D eigenvalue weighted by atomic mass is 9.90. The topological polar surface area (TPSA) is 35.6 Å². The lowest BCUT2D eigenvalue weighted by Gasteiger charge is -2.32. The largest absolute Gasteiger partial charge is 0.376 e. The molecule has 4 nitrogen and oxygen atoms in total. The summed E-state index contributed by atoms with van der Waals surface area (Å²) >= 11 is 0. The van der Waals surface area contributed by atoms with E-state index in [1.165, 1.54) is 11.3 Å². The molecule has 0 aliphatic carbocycles. The molecule has 1 saturated heterocycles. The Bertz CT molecular complexity index is 717. The van der Waals surface area contributed by atoms with Gasteiger partial charge < -0.3 is 15.1 Å². The number of amides is 1. The van der Waals surface area contributed by atoms with Crippen LogP contribution in [0.15, 0.2) is 54.6 Å². The number of piperidine rings is 1. The quantitative estimate of drug-likeness (QED) is 0.737. The van der Waals surface area contributed by atoms with Crippen LogP contribution < -0.4 is 10.2 Å². The molecule has 0 saturated carbocycles. The molecular weight excluding hydrogens is 346 g/mol. The van der Waals surface area contributed by atoms with Gasteiger partial charge in [0.05, 0.1) is 6.54 Å². The SMILES string of the molecule is CCN(CC)c1ccc(NCC(=O)N2CCC(Cc3ccccc3)CC2)cc1. The van der Waals surface area contributed by atoms with Crippen molar-refractivity contribution in [2.75, 3.05) is 42.9 Å². The lowest BCUT2D eigenvalue weighted by Crippen LogP contribution is -2.41. The predicted molar refractivity (Wildman–Crippen MR) is 118 cm³/mol. The Hall–Kier alpha value is -2.49. The van der Waals surface area contributed by atoms with Gasteiger partial charge >= 0.3 is 0 Å². The van der Waals surface area contributed by atoms with Gasteiger partial charge in [0.25, 0.3) is 0 Å². The van der Waals surface area contributed by atoms with Crippen molar-refractivity contribution < 1.29 is 4.79 Å². The summed E-state index contributed by atoms with van der Waals surface area (Å²) in [5, 5.41) is 3.29. The highest BCUT2D eigenvalue weighted by atomic mass is 16.2. The molecule has 1 fully saturated rings. The van der Waals surface area contributed by atoms with E-state index in [2.05, 4.69) is 78.7 Å². The minimum atomic E-state index is 0.200. The summed E-state index contributed by atoms with van der Waals surface area (Å²) in [5.41, 5.74) is 3.63. The van der Waals surface area contributed by atoms with Crippen LogP contribution in [0.25, 0.3) is 0 Å². The van der Waals surface area contributed by atoms with Gasteiger partial charge in [-0.1, -0.05) is 30.3 Å². The second-order valence-electron chi connectivity index (χ2n) is 7.59. The highest BCUT2D eigenvalue weighted by Gasteiger charge is 2.22. The maximum Gasteiger partial charge on any atom is 0.241 e. The van der Waals surface area contributed by atoms with Crippen LogP contribution in [0.2, 0.25) is 0 Å². The molecule has 4 heteroatoms. The summed E-state index contributed by atoms with van der Waals surface area (Å²) in [7, 11) is 0. The number of nitrogens with one attached hydrogen (secondary N) is 1. The molecule has 2 aromatic rings. The second-order valence-corrected chi connectivity index (χ2v) is 7.59. The molecule has 0 atom stereocenters. The summed E-state index contributed by atoms with van der Waals surface area (Å²) in [6, 6.07) is 19.0. The fraction of sp³-hybridized carbons (Fsp3) is 0.458. The Kier molecular flexibility index (Phi) is 7.35. The smallest absolute Gasteiger partial charge is 0.241 e. The van der Waals surface area contributed by atoms with Crippen molar-refractivity contribution in [3.8, 4) is 0 Å². The standard InChI is InChI=1S/C24H33N3O/c1-3-26(4-2)23-12-10-22(11-13-23)25-19-24(28)27-16-14-21(15-17-27)18-20-8-6-5-7-9-20/h5-13,21,25H,3-4,14-19H2,1-2H3. The molecule has 150 valence electrons. The minimum Gasteiger partial charge on any atom is -0.376 e. The van der Waals surface area contributed by atoms with Crippen LogP contribution in [0, 0.1) is 5.92 Å². The van der Waals surface area contributed by atoms with E-state index in [1.807, 2.05) is 4.90 Å². The van der Waals surface area contributed by atoms with Gasteiger partial charge in [-0.2, -0.15) is 0 Å². The van der Waals surface area contributed by atoms with Crippen LogP contribution in [0.1, 0.15) is 32.3 Å². The predicted octanol–water partition coefficient (Wildman–Crippen LogP) is 4.43. The molecule has 2 aromatic carbocycles. The first kappa shape index (κ1) is 20.2. The van der Waals surface area contributed by atoms with E-state index < -0.39 is 0 Å². The summed E-state index contributed by atoms with van der Waals surface area (Å²) in [5.74, 6) is 0.887. The number of rotatable bonds is 8. The van der Waals surface area contributed by atoms with Crippen molar-refractivity contribution in [3.63, 3.8) is 0 Å². The zero-order chi connectivity index (χ0) is 19.8. The highest BCUT2D eigenvalue weighted by molar-refractivity contribution is 5.81. The zero-order valence-electron chi connectivity index (χ0n) is 17.2. The molecule has 0 radical (unpaired) electrons. The van der Waals surface area contributed by atoms with Gasteiger partial charge in [-0.05, 0) is 68.9 Å². The minimum absolute atomic E-state index is 0.200. The molecule has 0 unspecified atom stereocenters. The van der Waals surface area contributed by atoms with E-state index in [1.54, 1.807) is 0 Å². The maximum absolute atomic E-state index is 12.6.